The van der Waals surface area contributed by atoms with E-state index >= 15 is 0 Å². The molecule has 7 nitrogen and oxygen atoms in total. The summed E-state index contributed by atoms with van der Waals surface area (Å²) in [6, 6.07) is 20.8. The fourth-order valence-corrected chi connectivity index (χ4v) is 4.47. The Morgan fingerprint density at radius 1 is 1.00 bits per heavy atom. The number of carbonyl (C=O) groups excluding carboxylic acids is 1. The van der Waals surface area contributed by atoms with Gasteiger partial charge in [0.15, 0.2) is 0 Å². The number of ether oxygens (including phenoxy) is 1. The predicted molar refractivity (Wildman–Crippen MR) is 123 cm³/mol. The highest BCUT2D eigenvalue weighted by Crippen LogP contribution is 2.26. The summed E-state index contributed by atoms with van der Waals surface area (Å²) in [5, 5.41) is 2.25. The lowest BCUT2D eigenvalue weighted by molar-refractivity contribution is -0.113. The van der Waals surface area contributed by atoms with Crippen molar-refractivity contribution in [2.45, 2.75) is 5.16 Å². The molecular weight excluding hydrogens is 445 g/mol. The number of carbonyl (C=O) groups is 1. The maximum Gasteiger partial charge on any atom is 0.240 e. The topological polar surface area (TPSA) is 90.3 Å². The minimum absolute atomic E-state index is 0.317. The number of benzene rings is 3. The maximum atomic E-state index is 13.4. The zero-order valence-electron chi connectivity index (χ0n) is 17.6. The van der Waals surface area contributed by atoms with Gasteiger partial charge in [0.25, 0.3) is 0 Å². The van der Waals surface area contributed by atoms with Gasteiger partial charge in [-0.05, 0) is 60.7 Å². The second-order valence-electron chi connectivity index (χ2n) is 7.16. The third-order valence-corrected chi connectivity index (χ3v) is 6.31. The molecule has 33 heavy (non-hydrogen) atoms. The van der Waals surface area contributed by atoms with E-state index in [0.717, 1.165) is 0 Å². The number of aromatic nitrogens is 2. The molecule has 0 fully saturated rings. The molecule has 0 saturated heterocycles. The molecule has 0 spiro atoms. The van der Waals surface area contributed by atoms with Gasteiger partial charge in [-0.1, -0.05) is 18.2 Å². The molecule has 0 unspecified atom stereocenters. The Morgan fingerprint density at radius 2 is 1.67 bits per heavy atom. The van der Waals surface area contributed by atoms with E-state index in [9.17, 15) is 17.6 Å². The number of anilines is 1. The van der Waals surface area contributed by atoms with Gasteiger partial charge in [0.1, 0.15) is 17.3 Å². The van der Waals surface area contributed by atoms with E-state index in [2.05, 4.69) is 10.3 Å². The van der Waals surface area contributed by atoms with Gasteiger partial charge in [0.05, 0.1) is 12.8 Å². The predicted octanol–water partition coefficient (Wildman–Crippen LogP) is 4.10. The average Bonchev–Trinajstić information content (AvgIpc) is 3.26. The van der Waals surface area contributed by atoms with Crippen LogP contribution in [-0.4, -0.2) is 36.7 Å². The summed E-state index contributed by atoms with van der Waals surface area (Å²) in [4.78, 5) is 16.8. The molecule has 9 heteroatoms. The normalized spacial score (nSPS) is 11.2. The quantitative estimate of drug-likeness (QED) is 0.444. The van der Waals surface area contributed by atoms with Crippen LogP contribution in [-0.2, 0) is 14.6 Å². The van der Waals surface area contributed by atoms with Crippen molar-refractivity contribution in [1.29, 1.82) is 0 Å². The Balaban J connectivity index is 1.72. The summed E-state index contributed by atoms with van der Waals surface area (Å²) >= 11 is 0. The molecule has 0 aliphatic carbocycles. The Morgan fingerprint density at radius 3 is 2.30 bits per heavy atom. The van der Waals surface area contributed by atoms with Crippen LogP contribution in [0.25, 0.3) is 16.9 Å². The first-order valence-electron chi connectivity index (χ1n) is 9.93. The molecule has 0 aliphatic heterocycles. The lowest BCUT2D eigenvalue weighted by Gasteiger charge is -2.09. The number of hydrogen-bond acceptors (Lipinski definition) is 5. The summed E-state index contributed by atoms with van der Waals surface area (Å²) in [6.45, 7) is 0. The number of halogens is 1. The van der Waals surface area contributed by atoms with E-state index in [1.54, 1.807) is 61.7 Å². The SMILES string of the molecule is COc1ccc(-c2cn(-c3ccc(F)cc3)c(S(=O)(=O)CC(=O)Nc3ccccc3)n2)cc1. The summed E-state index contributed by atoms with van der Waals surface area (Å²) < 4.78 is 46.3. The highest BCUT2D eigenvalue weighted by molar-refractivity contribution is 7.92. The van der Waals surface area contributed by atoms with E-state index < -0.39 is 27.3 Å². The molecular formula is C24H20FN3O4S. The molecule has 0 saturated carbocycles. The first-order valence-corrected chi connectivity index (χ1v) is 11.6. The van der Waals surface area contributed by atoms with Crippen molar-refractivity contribution >= 4 is 21.4 Å². The van der Waals surface area contributed by atoms with Gasteiger partial charge in [0, 0.05) is 23.1 Å². The maximum absolute atomic E-state index is 13.4. The van der Waals surface area contributed by atoms with Crippen LogP contribution in [0, 0.1) is 5.82 Å². The largest absolute Gasteiger partial charge is 0.497 e. The molecule has 1 heterocycles. The van der Waals surface area contributed by atoms with Crippen molar-refractivity contribution in [2.75, 3.05) is 18.2 Å². The first kappa shape index (κ1) is 22.2. The molecule has 0 bridgehead atoms. The number of nitrogens with zero attached hydrogens (tertiary/aromatic N) is 2. The Kier molecular flexibility index (Phi) is 6.23. The van der Waals surface area contributed by atoms with Gasteiger partial charge in [-0.3, -0.25) is 9.36 Å². The molecule has 3 aromatic carbocycles. The van der Waals surface area contributed by atoms with Crippen LogP contribution in [0.3, 0.4) is 0 Å². The molecule has 1 aromatic heterocycles. The lowest BCUT2D eigenvalue weighted by atomic mass is 10.1. The van der Waals surface area contributed by atoms with Crippen LogP contribution in [0.1, 0.15) is 0 Å². The van der Waals surface area contributed by atoms with E-state index in [1.807, 2.05) is 0 Å². The first-order chi connectivity index (χ1) is 15.9. The molecule has 4 aromatic rings. The van der Waals surface area contributed by atoms with Crippen LogP contribution in [0.4, 0.5) is 10.1 Å². The number of sulfone groups is 1. The van der Waals surface area contributed by atoms with Crippen LogP contribution >= 0.6 is 0 Å². The van der Waals surface area contributed by atoms with Gasteiger partial charge < -0.3 is 10.1 Å². The van der Waals surface area contributed by atoms with Crippen LogP contribution in [0.5, 0.6) is 5.75 Å². The van der Waals surface area contributed by atoms with E-state index in [1.165, 1.54) is 35.0 Å². The minimum atomic E-state index is -4.15. The number of nitrogens with one attached hydrogen (secondary N) is 1. The monoisotopic (exact) mass is 465 g/mol. The average molecular weight is 466 g/mol. The van der Waals surface area contributed by atoms with Crippen molar-refractivity contribution < 1.29 is 22.3 Å². The summed E-state index contributed by atoms with van der Waals surface area (Å²) in [6.07, 6.45) is 1.54. The second-order valence-corrected chi connectivity index (χ2v) is 9.04. The highest BCUT2D eigenvalue weighted by Gasteiger charge is 2.27. The molecule has 4 rings (SSSR count). The van der Waals surface area contributed by atoms with Gasteiger partial charge >= 0.3 is 0 Å². The zero-order chi connectivity index (χ0) is 23.4. The second kappa shape index (κ2) is 9.25. The molecule has 1 N–H and O–H groups in total. The number of imidazole rings is 1. The standard InChI is InChI=1S/C24H20FN3O4S/c1-32-21-13-7-17(8-14-21)22-15-28(20-11-9-18(25)10-12-20)24(27-22)33(30,31)16-23(29)26-19-5-3-2-4-6-19/h2-15H,16H2,1H3,(H,26,29). The number of para-hydroxylation sites is 1. The zero-order valence-corrected chi connectivity index (χ0v) is 18.4. The molecule has 0 atom stereocenters. The van der Waals surface area contributed by atoms with Crippen LogP contribution in [0.15, 0.2) is 90.2 Å². The van der Waals surface area contributed by atoms with Gasteiger partial charge in [-0.15, -0.1) is 0 Å². The molecule has 1 amide bonds. The van der Waals surface area contributed by atoms with Gasteiger partial charge in [-0.2, -0.15) is 0 Å². The lowest BCUT2D eigenvalue weighted by Crippen LogP contribution is -2.25. The number of methoxy groups -OCH3 is 1. The summed E-state index contributed by atoms with van der Waals surface area (Å²) in [7, 11) is -2.60. The van der Waals surface area contributed by atoms with Crippen molar-refractivity contribution in [1.82, 2.24) is 9.55 Å². The van der Waals surface area contributed by atoms with E-state index in [0.29, 0.717) is 28.4 Å². The fraction of sp³-hybridized carbons (Fsp3) is 0.0833. The number of amides is 1. The summed E-state index contributed by atoms with van der Waals surface area (Å²) in [5.41, 5.74) is 1.91. The van der Waals surface area contributed by atoms with E-state index in [-0.39, 0.29) is 5.16 Å². The Hall–Kier alpha value is -3.98. The van der Waals surface area contributed by atoms with Crippen molar-refractivity contribution in [3.05, 3.63) is 90.9 Å². The Bertz CT molecular complexity index is 1370. The molecule has 0 radical (unpaired) electrons. The molecule has 0 aliphatic rings. The summed E-state index contributed by atoms with van der Waals surface area (Å²) in [5.74, 6) is -1.31. The fourth-order valence-electron chi connectivity index (χ4n) is 3.23. The van der Waals surface area contributed by atoms with Crippen molar-refractivity contribution in [2.24, 2.45) is 0 Å². The van der Waals surface area contributed by atoms with Gasteiger partial charge in [0.2, 0.25) is 20.9 Å². The number of rotatable bonds is 7. The minimum Gasteiger partial charge on any atom is -0.497 e. The van der Waals surface area contributed by atoms with Gasteiger partial charge in [-0.25, -0.2) is 17.8 Å². The van der Waals surface area contributed by atoms with Crippen molar-refractivity contribution in [3.8, 4) is 22.7 Å². The van der Waals surface area contributed by atoms with E-state index in [4.69, 9.17) is 4.74 Å². The highest BCUT2D eigenvalue weighted by atomic mass is 32.2. The Labute approximate surface area is 190 Å². The van der Waals surface area contributed by atoms with Crippen molar-refractivity contribution in [3.63, 3.8) is 0 Å². The number of hydrogen-bond donors (Lipinski definition) is 1. The van der Waals surface area contributed by atoms with Crippen LogP contribution in [0.2, 0.25) is 0 Å². The van der Waals surface area contributed by atoms with Crippen LogP contribution < -0.4 is 10.1 Å². The third-order valence-electron chi connectivity index (χ3n) is 4.82. The molecule has 168 valence electrons. The third kappa shape index (κ3) is 5.09. The smallest absolute Gasteiger partial charge is 0.240 e.